The van der Waals surface area contributed by atoms with Crippen molar-refractivity contribution >= 4 is 24.8 Å². The zero-order chi connectivity index (χ0) is 11.4. The third-order valence-corrected chi connectivity index (χ3v) is 3.10. The molecule has 0 radical (unpaired) electrons. The Labute approximate surface area is 121 Å². The van der Waals surface area contributed by atoms with Gasteiger partial charge in [-0.3, -0.25) is 9.88 Å². The van der Waals surface area contributed by atoms with Gasteiger partial charge in [-0.1, -0.05) is 6.07 Å². The van der Waals surface area contributed by atoms with Gasteiger partial charge in [0.25, 0.3) is 0 Å². The molecule has 2 rings (SSSR count). The zero-order valence-electron chi connectivity index (χ0n) is 10.5. The molecule has 0 aliphatic carbocycles. The summed E-state index contributed by atoms with van der Waals surface area (Å²) in [7, 11) is 0. The molecule has 0 amide bonds. The maximum absolute atomic E-state index is 5.64. The van der Waals surface area contributed by atoms with Gasteiger partial charge in [0.1, 0.15) is 0 Å². The van der Waals surface area contributed by atoms with Crippen molar-refractivity contribution in [3.63, 3.8) is 0 Å². The van der Waals surface area contributed by atoms with Crippen LogP contribution in [-0.4, -0.2) is 42.2 Å². The van der Waals surface area contributed by atoms with Crippen LogP contribution in [0.3, 0.4) is 0 Å². The molecule has 2 atom stereocenters. The smallest absolute Gasteiger partial charge is 0.0824 e. The first kappa shape index (κ1) is 17.6. The van der Waals surface area contributed by atoms with Gasteiger partial charge in [-0.25, -0.2) is 0 Å². The molecule has 0 spiro atoms. The maximum Gasteiger partial charge on any atom is 0.0824 e. The van der Waals surface area contributed by atoms with E-state index in [1.165, 1.54) is 0 Å². The van der Waals surface area contributed by atoms with E-state index in [1.54, 1.807) is 0 Å². The number of nitrogens with zero attached hydrogens (tertiary/aromatic N) is 2. The first-order valence-electron chi connectivity index (χ1n) is 5.78. The van der Waals surface area contributed by atoms with E-state index in [4.69, 9.17) is 10.5 Å². The van der Waals surface area contributed by atoms with Crippen LogP contribution in [0, 0.1) is 0 Å². The van der Waals surface area contributed by atoms with Crippen LogP contribution >= 0.6 is 24.8 Å². The van der Waals surface area contributed by atoms with E-state index in [2.05, 4.69) is 22.9 Å². The van der Waals surface area contributed by atoms with Crippen molar-refractivity contribution in [1.82, 2.24) is 9.88 Å². The van der Waals surface area contributed by atoms with Crippen LogP contribution in [0.4, 0.5) is 0 Å². The lowest BCUT2D eigenvalue weighted by atomic mass is 10.1. The van der Waals surface area contributed by atoms with Crippen LogP contribution in [0.25, 0.3) is 0 Å². The molecule has 1 aliphatic rings. The normalized spacial score (nSPS) is 21.6. The Kier molecular flexibility index (Phi) is 8.48. The maximum atomic E-state index is 5.64. The summed E-state index contributed by atoms with van der Waals surface area (Å²) in [6.07, 6.45) is 2.01. The number of pyridine rings is 1. The predicted molar refractivity (Wildman–Crippen MR) is 77.5 cm³/mol. The van der Waals surface area contributed by atoms with Crippen LogP contribution in [0.15, 0.2) is 24.4 Å². The minimum atomic E-state index is 0. The second-order valence-electron chi connectivity index (χ2n) is 4.15. The standard InChI is InChI=1S/C12H19N3O.2ClH/c1-10(12-4-2-3-5-14-12)15-6-7-16-11(8-13)9-15;;/h2-5,10-11H,6-9,13H2,1H3;2*1H. The Balaban J connectivity index is 0.00000144. The van der Waals surface area contributed by atoms with E-state index in [-0.39, 0.29) is 30.9 Å². The van der Waals surface area contributed by atoms with Crippen LogP contribution < -0.4 is 5.73 Å². The Morgan fingerprint density at radius 2 is 2.28 bits per heavy atom. The first-order valence-corrected chi connectivity index (χ1v) is 5.78. The highest BCUT2D eigenvalue weighted by Crippen LogP contribution is 2.20. The van der Waals surface area contributed by atoms with Gasteiger partial charge in [-0.15, -0.1) is 24.8 Å². The van der Waals surface area contributed by atoms with Crippen molar-refractivity contribution in [2.24, 2.45) is 5.73 Å². The van der Waals surface area contributed by atoms with Crippen LogP contribution in [0.1, 0.15) is 18.7 Å². The summed E-state index contributed by atoms with van der Waals surface area (Å²) in [5, 5.41) is 0. The Morgan fingerprint density at radius 1 is 1.50 bits per heavy atom. The highest BCUT2D eigenvalue weighted by molar-refractivity contribution is 5.85. The summed E-state index contributed by atoms with van der Waals surface area (Å²) in [6.45, 7) is 5.38. The minimum Gasteiger partial charge on any atom is -0.374 e. The van der Waals surface area contributed by atoms with Crippen LogP contribution in [0.5, 0.6) is 0 Å². The Bertz CT molecular complexity index is 326. The quantitative estimate of drug-likeness (QED) is 0.921. The van der Waals surface area contributed by atoms with Crippen molar-refractivity contribution < 1.29 is 4.74 Å². The van der Waals surface area contributed by atoms with Gasteiger partial charge in [-0.2, -0.15) is 0 Å². The molecule has 1 aliphatic heterocycles. The molecule has 2 N–H and O–H groups in total. The topological polar surface area (TPSA) is 51.4 Å². The molecule has 18 heavy (non-hydrogen) atoms. The number of nitrogens with two attached hydrogens (primary N) is 1. The Hall–Kier alpha value is -0.390. The van der Waals surface area contributed by atoms with Gasteiger partial charge in [0, 0.05) is 31.9 Å². The molecule has 0 aromatic carbocycles. The van der Waals surface area contributed by atoms with E-state index in [1.807, 2.05) is 18.3 Å². The van der Waals surface area contributed by atoms with Gasteiger partial charge in [0.05, 0.1) is 18.4 Å². The lowest BCUT2D eigenvalue weighted by molar-refractivity contribution is -0.0369. The highest BCUT2D eigenvalue weighted by Gasteiger charge is 2.24. The van der Waals surface area contributed by atoms with Crippen molar-refractivity contribution in [2.45, 2.75) is 19.1 Å². The summed E-state index contributed by atoms with van der Waals surface area (Å²) in [6, 6.07) is 6.37. The Morgan fingerprint density at radius 3 is 2.89 bits per heavy atom. The fraction of sp³-hybridized carbons (Fsp3) is 0.583. The summed E-state index contributed by atoms with van der Waals surface area (Å²) in [5.41, 5.74) is 6.75. The number of hydrogen-bond acceptors (Lipinski definition) is 4. The van der Waals surface area contributed by atoms with E-state index in [0.29, 0.717) is 12.6 Å². The van der Waals surface area contributed by atoms with Crippen molar-refractivity contribution in [3.05, 3.63) is 30.1 Å². The largest absolute Gasteiger partial charge is 0.374 e. The number of hydrogen-bond donors (Lipinski definition) is 1. The first-order chi connectivity index (χ1) is 7.81. The second-order valence-corrected chi connectivity index (χ2v) is 4.15. The van der Waals surface area contributed by atoms with E-state index < -0.39 is 0 Å². The van der Waals surface area contributed by atoms with Crippen molar-refractivity contribution in [1.29, 1.82) is 0 Å². The highest BCUT2D eigenvalue weighted by atomic mass is 35.5. The van der Waals surface area contributed by atoms with Crippen molar-refractivity contribution in [3.8, 4) is 0 Å². The molecule has 1 aromatic rings. The summed E-state index contributed by atoms with van der Waals surface area (Å²) >= 11 is 0. The van der Waals surface area contributed by atoms with Crippen molar-refractivity contribution in [2.75, 3.05) is 26.2 Å². The average Bonchev–Trinajstić information content (AvgIpc) is 2.39. The monoisotopic (exact) mass is 293 g/mol. The number of aromatic nitrogens is 1. The summed E-state index contributed by atoms with van der Waals surface area (Å²) in [4.78, 5) is 6.77. The SMILES string of the molecule is CC(c1ccccn1)N1CCOC(CN)C1.Cl.Cl. The average molecular weight is 294 g/mol. The minimum absolute atomic E-state index is 0. The molecule has 1 saturated heterocycles. The fourth-order valence-corrected chi connectivity index (χ4v) is 2.05. The molecular weight excluding hydrogens is 273 g/mol. The molecule has 1 fully saturated rings. The zero-order valence-corrected chi connectivity index (χ0v) is 12.1. The second kappa shape index (κ2) is 8.67. The van der Waals surface area contributed by atoms with Gasteiger partial charge >= 0.3 is 0 Å². The molecule has 1 aromatic heterocycles. The summed E-state index contributed by atoms with van der Waals surface area (Å²) in [5.74, 6) is 0. The molecule has 2 unspecified atom stereocenters. The number of rotatable bonds is 3. The van der Waals surface area contributed by atoms with Gasteiger partial charge in [0.15, 0.2) is 0 Å². The van der Waals surface area contributed by atoms with E-state index in [9.17, 15) is 0 Å². The van der Waals surface area contributed by atoms with Gasteiger partial charge in [-0.05, 0) is 19.1 Å². The molecule has 6 heteroatoms. The number of halogens is 2. The molecule has 104 valence electrons. The lowest BCUT2D eigenvalue weighted by Gasteiger charge is -2.36. The summed E-state index contributed by atoms with van der Waals surface area (Å²) < 4.78 is 5.56. The van der Waals surface area contributed by atoms with Gasteiger partial charge in [0.2, 0.25) is 0 Å². The number of ether oxygens (including phenoxy) is 1. The molecule has 0 saturated carbocycles. The third kappa shape index (κ3) is 4.37. The lowest BCUT2D eigenvalue weighted by Crippen LogP contribution is -2.46. The molecule has 0 bridgehead atoms. The van der Waals surface area contributed by atoms with E-state index >= 15 is 0 Å². The fourth-order valence-electron chi connectivity index (χ4n) is 2.05. The predicted octanol–water partition coefficient (Wildman–Crippen LogP) is 1.65. The molecular formula is C12H21Cl2N3O. The molecule has 4 nitrogen and oxygen atoms in total. The van der Waals surface area contributed by atoms with Crippen LogP contribution in [0.2, 0.25) is 0 Å². The number of morpholine rings is 1. The third-order valence-electron chi connectivity index (χ3n) is 3.10. The van der Waals surface area contributed by atoms with Gasteiger partial charge < -0.3 is 10.5 Å². The van der Waals surface area contributed by atoms with E-state index in [0.717, 1.165) is 25.4 Å². The molecule has 2 heterocycles. The van der Waals surface area contributed by atoms with Crippen LogP contribution in [-0.2, 0) is 4.74 Å².